The van der Waals surface area contributed by atoms with Crippen LogP contribution in [0.5, 0.6) is 0 Å². The summed E-state index contributed by atoms with van der Waals surface area (Å²) in [5.41, 5.74) is 6.90. The number of hydrogen-bond donors (Lipinski definition) is 1. The monoisotopic (exact) mass is 293 g/mol. The molecule has 0 radical (unpaired) electrons. The van der Waals surface area contributed by atoms with Gasteiger partial charge in [-0.05, 0) is 45.5 Å². The SMILES string of the molecule is CC(CN1CCCC(N(C)C)C1)C(N)c1ccccc1F. The molecule has 1 aliphatic heterocycles. The second kappa shape index (κ2) is 7.34. The summed E-state index contributed by atoms with van der Waals surface area (Å²) in [6.07, 6.45) is 2.49. The summed E-state index contributed by atoms with van der Waals surface area (Å²) < 4.78 is 13.8. The lowest BCUT2D eigenvalue weighted by Gasteiger charge is -2.38. The van der Waals surface area contributed by atoms with E-state index in [0.29, 0.717) is 11.6 Å². The summed E-state index contributed by atoms with van der Waals surface area (Å²) in [5, 5.41) is 0. The molecule has 2 rings (SSSR count). The lowest BCUT2D eigenvalue weighted by Crippen LogP contribution is -2.47. The predicted octanol–water partition coefficient (Wildman–Crippen LogP) is 2.49. The molecular formula is C17H28FN3. The average Bonchev–Trinajstić information content (AvgIpc) is 2.47. The summed E-state index contributed by atoms with van der Waals surface area (Å²) in [7, 11) is 4.28. The molecule has 1 fully saturated rings. The van der Waals surface area contributed by atoms with Crippen molar-refractivity contribution in [3.05, 3.63) is 35.6 Å². The molecule has 1 aromatic carbocycles. The molecule has 1 saturated heterocycles. The van der Waals surface area contributed by atoms with Gasteiger partial charge in [-0.3, -0.25) is 0 Å². The highest BCUT2D eigenvalue weighted by Crippen LogP contribution is 2.24. The molecular weight excluding hydrogens is 265 g/mol. The minimum atomic E-state index is -0.245. The minimum absolute atomic E-state index is 0.193. The fraction of sp³-hybridized carbons (Fsp3) is 0.647. The van der Waals surface area contributed by atoms with Gasteiger partial charge < -0.3 is 15.5 Å². The Balaban J connectivity index is 1.94. The largest absolute Gasteiger partial charge is 0.324 e. The van der Waals surface area contributed by atoms with Gasteiger partial charge in [0.15, 0.2) is 0 Å². The maximum absolute atomic E-state index is 13.8. The van der Waals surface area contributed by atoms with Gasteiger partial charge in [0.1, 0.15) is 5.82 Å². The fourth-order valence-corrected chi connectivity index (χ4v) is 3.19. The smallest absolute Gasteiger partial charge is 0.127 e. The Morgan fingerprint density at radius 1 is 1.38 bits per heavy atom. The summed E-state index contributed by atoms with van der Waals surface area (Å²) in [6.45, 7) is 5.26. The standard InChI is InChI=1S/C17H28FN3/c1-13(17(19)15-8-4-5-9-16(15)18)11-21-10-6-7-14(12-21)20(2)3/h4-5,8-9,13-14,17H,6-7,10-12,19H2,1-3H3. The first-order chi connectivity index (χ1) is 9.99. The van der Waals surface area contributed by atoms with Crippen LogP contribution < -0.4 is 5.73 Å². The number of piperidine rings is 1. The van der Waals surface area contributed by atoms with Crippen LogP contribution in [0.1, 0.15) is 31.4 Å². The van der Waals surface area contributed by atoms with E-state index >= 15 is 0 Å². The fourth-order valence-electron chi connectivity index (χ4n) is 3.19. The third-order valence-electron chi connectivity index (χ3n) is 4.63. The first-order valence-corrected chi connectivity index (χ1v) is 7.88. The molecule has 0 spiro atoms. The highest BCUT2D eigenvalue weighted by Gasteiger charge is 2.25. The van der Waals surface area contributed by atoms with Crippen molar-refractivity contribution in [2.45, 2.75) is 31.8 Å². The van der Waals surface area contributed by atoms with E-state index in [0.717, 1.165) is 19.6 Å². The molecule has 118 valence electrons. The minimum Gasteiger partial charge on any atom is -0.324 e. The molecule has 0 amide bonds. The third-order valence-corrected chi connectivity index (χ3v) is 4.63. The second-order valence-electron chi connectivity index (χ2n) is 6.54. The van der Waals surface area contributed by atoms with Crippen LogP contribution in [0.15, 0.2) is 24.3 Å². The van der Waals surface area contributed by atoms with Crippen LogP contribution in [0.4, 0.5) is 4.39 Å². The van der Waals surface area contributed by atoms with Crippen LogP contribution in [-0.2, 0) is 0 Å². The molecule has 0 aromatic heterocycles. The summed E-state index contributed by atoms with van der Waals surface area (Å²) in [6, 6.07) is 7.23. The first-order valence-electron chi connectivity index (χ1n) is 7.88. The number of halogens is 1. The van der Waals surface area contributed by atoms with Crippen molar-refractivity contribution < 1.29 is 4.39 Å². The van der Waals surface area contributed by atoms with Crippen molar-refractivity contribution in [2.24, 2.45) is 11.7 Å². The Morgan fingerprint density at radius 2 is 2.10 bits per heavy atom. The summed E-state index contributed by atoms with van der Waals surface area (Å²) >= 11 is 0. The van der Waals surface area contributed by atoms with E-state index < -0.39 is 0 Å². The Kier molecular flexibility index (Phi) is 5.73. The number of hydrogen-bond acceptors (Lipinski definition) is 3. The van der Waals surface area contributed by atoms with Gasteiger partial charge >= 0.3 is 0 Å². The van der Waals surface area contributed by atoms with Gasteiger partial charge in [0.05, 0.1) is 0 Å². The maximum atomic E-state index is 13.8. The van der Waals surface area contributed by atoms with E-state index in [1.165, 1.54) is 18.9 Å². The van der Waals surface area contributed by atoms with Crippen molar-refractivity contribution in [1.82, 2.24) is 9.80 Å². The third kappa shape index (κ3) is 4.25. The number of nitrogens with zero attached hydrogens (tertiary/aromatic N) is 2. The predicted molar refractivity (Wildman–Crippen MR) is 85.6 cm³/mol. The molecule has 0 saturated carbocycles. The first kappa shape index (κ1) is 16.4. The number of likely N-dealkylation sites (tertiary alicyclic amines) is 1. The number of rotatable bonds is 5. The van der Waals surface area contributed by atoms with Crippen LogP contribution in [0.2, 0.25) is 0 Å². The summed E-state index contributed by atoms with van der Waals surface area (Å²) in [5.74, 6) is 0.0458. The van der Waals surface area contributed by atoms with Crippen molar-refractivity contribution in [3.63, 3.8) is 0 Å². The zero-order valence-electron chi connectivity index (χ0n) is 13.4. The maximum Gasteiger partial charge on any atom is 0.127 e. The zero-order valence-corrected chi connectivity index (χ0v) is 13.4. The highest BCUT2D eigenvalue weighted by molar-refractivity contribution is 5.21. The summed E-state index contributed by atoms with van der Waals surface area (Å²) in [4.78, 5) is 4.77. The van der Waals surface area contributed by atoms with Crippen LogP contribution in [-0.4, -0.2) is 49.6 Å². The topological polar surface area (TPSA) is 32.5 Å². The quantitative estimate of drug-likeness (QED) is 0.905. The van der Waals surface area contributed by atoms with E-state index in [4.69, 9.17) is 5.73 Å². The van der Waals surface area contributed by atoms with E-state index in [1.54, 1.807) is 12.1 Å². The molecule has 3 atom stereocenters. The molecule has 1 aliphatic rings. The van der Waals surface area contributed by atoms with Gasteiger partial charge in [0, 0.05) is 30.7 Å². The van der Waals surface area contributed by atoms with E-state index in [9.17, 15) is 4.39 Å². The van der Waals surface area contributed by atoms with E-state index in [-0.39, 0.29) is 17.8 Å². The van der Waals surface area contributed by atoms with Crippen molar-refractivity contribution >= 4 is 0 Å². The van der Waals surface area contributed by atoms with Gasteiger partial charge in [0.25, 0.3) is 0 Å². The van der Waals surface area contributed by atoms with Crippen molar-refractivity contribution in [3.8, 4) is 0 Å². The number of nitrogens with two attached hydrogens (primary N) is 1. The van der Waals surface area contributed by atoms with Gasteiger partial charge in [-0.2, -0.15) is 0 Å². The van der Waals surface area contributed by atoms with Crippen LogP contribution in [0, 0.1) is 11.7 Å². The highest BCUT2D eigenvalue weighted by atomic mass is 19.1. The van der Waals surface area contributed by atoms with E-state index in [1.807, 2.05) is 6.07 Å². The average molecular weight is 293 g/mol. The second-order valence-corrected chi connectivity index (χ2v) is 6.54. The van der Waals surface area contributed by atoms with Crippen LogP contribution >= 0.6 is 0 Å². The van der Waals surface area contributed by atoms with Crippen LogP contribution in [0.3, 0.4) is 0 Å². The molecule has 1 heterocycles. The van der Waals surface area contributed by atoms with Gasteiger partial charge in [-0.15, -0.1) is 0 Å². The lowest BCUT2D eigenvalue weighted by atomic mass is 9.93. The van der Waals surface area contributed by atoms with Gasteiger partial charge in [-0.25, -0.2) is 4.39 Å². The molecule has 0 bridgehead atoms. The number of benzene rings is 1. The lowest BCUT2D eigenvalue weighted by molar-refractivity contribution is 0.116. The van der Waals surface area contributed by atoms with Crippen LogP contribution in [0.25, 0.3) is 0 Å². The van der Waals surface area contributed by atoms with Crippen molar-refractivity contribution in [2.75, 3.05) is 33.7 Å². The molecule has 0 aliphatic carbocycles. The Bertz CT molecular complexity index is 449. The van der Waals surface area contributed by atoms with E-state index in [2.05, 4.69) is 30.8 Å². The Labute approximate surface area is 127 Å². The molecule has 3 unspecified atom stereocenters. The molecule has 1 aromatic rings. The molecule has 3 nitrogen and oxygen atoms in total. The molecule has 2 N–H and O–H groups in total. The number of likely N-dealkylation sites (N-methyl/N-ethyl adjacent to an activating group) is 1. The molecule has 4 heteroatoms. The van der Waals surface area contributed by atoms with Crippen molar-refractivity contribution in [1.29, 1.82) is 0 Å². The zero-order chi connectivity index (χ0) is 15.4. The Hall–Kier alpha value is -0.970. The molecule has 21 heavy (non-hydrogen) atoms. The normalized spacial score (nSPS) is 23.2. The van der Waals surface area contributed by atoms with Gasteiger partial charge in [-0.1, -0.05) is 25.1 Å². The Morgan fingerprint density at radius 3 is 2.76 bits per heavy atom. The van der Waals surface area contributed by atoms with Gasteiger partial charge in [0.2, 0.25) is 0 Å².